The van der Waals surface area contributed by atoms with Gasteiger partial charge in [0, 0.05) is 0 Å². The lowest BCUT2D eigenvalue weighted by Crippen LogP contribution is -2.18. The molecule has 1 saturated heterocycles. The van der Waals surface area contributed by atoms with Crippen LogP contribution in [0, 0.1) is 0 Å². The molecule has 2 aromatic rings. The largest absolute Gasteiger partial charge is 0.407 e. The molecule has 20 heavy (non-hydrogen) atoms. The molecule has 0 radical (unpaired) electrons. The van der Waals surface area contributed by atoms with Crippen LogP contribution in [0.15, 0.2) is 54.6 Å². The van der Waals surface area contributed by atoms with E-state index < -0.39 is 12.4 Å². The molecule has 0 bridgehead atoms. The van der Waals surface area contributed by atoms with E-state index in [1.54, 1.807) is 12.1 Å². The fourth-order valence-electron chi connectivity index (χ4n) is 2.02. The van der Waals surface area contributed by atoms with E-state index in [2.05, 4.69) is 0 Å². The van der Waals surface area contributed by atoms with Gasteiger partial charge in [-0.3, -0.25) is 0 Å². The van der Waals surface area contributed by atoms with Crippen molar-refractivity contribution in [2.75, 3.05) is 13.2 Å². The third-order valence-corrected chi connectivity index (χ3v) is 3.00. The molecular formula is C16H14O4. The predicted octanol–water partition coefficient (Wildman–Crippen LogP) is 2.84. The SMILES string of the molecule is O=C(OC1OCCO1)c1cccc(-c2ccccc2)c1. The van der Waals surface area contributed by atoms with Crippen LogP contribution < -0.4 is 0 Å². The van der Waals surface area contributed by atoms with Gasteiger partial charge in [-0.25, -0.2) is 4.79 Å². The number of rotatable bonds is 3. The Labute approximate surface area is 116 Å². The van der Waals surface area contributed by atoms with Crippen molar-refractivity contribution >= 4 is 5.97 Å². The third kappa shape index (κ3) is 2.87. The van der Waals surface area contributed by atoms with Crippen LogP contribution in [0.5, 0.6) is 0 Å². The van der Waals surface area contributed by atoms with Gasteiger partial charge in [-0.15, -0.1) is 0 Å². The van der Waals surface area contributed by atoms with Gasteiger partial charge in [0.2, 0.25) is 0 Å². The smallest absolute Gasteiger partial charge is 0.342 e. The molecule has 1 fully saturated rings. The summed E-state index contributed by atoms with van der Waals surface area (Å²) in [6, 6.07) is 17.2. The highest BCUT2D eigenvalue weighted by molar-refractivity contribution is 5.91. The van der Waals surface area contributed by atoms with Crippen molar-refractivity contribution in [1.82, 2.24) is 0 Å². The van der Waals surface area contributed by atoms with Gasteiger partial charge in [0.1, 0.15) is 0 Å². The van der Waals surface area contributed by atoms with Crippen molar-refractivity contribution in [2.45, 2.75) is 6.48 Å². The number of hydrogen-bond donors (Lipinski definition) is 0. The highest BCUT2D eigenvalue weighted by Crippen LogP contribution is 2.21. The average Bonchev–Trinajstić information content (AvgIpc) is 3.01. The first-order valence-electron chi connectivity index (χ1n) is 6.42. The topological polar surface area (TPSA) is 44.8 Å². The Balaban J connectivity index is 1.78. The van der Waals surface area contributed by atoms with Crippen molar-refractivity contribution < 1.29 is 19.0 Å². The van der Waals surface area contributed by atoms with E-state index in [0.717, 1.165) is 11.1 Å². The molecular weight excluding hydrogens is 256 g/mol. The fraction of sp³-hybridized carbons (Fsp3) is 0.188. The van der Waals surface area contributed by atoms with E-state index >= 15 is 0 Å². The summed E-state index contributed by atoms with van der Waals surface area (Å²) < 4.78 is 15.3. The fourth-order valence-corrected chi connectivity index (χ4v) is 2.02. The molecule has 0 unspecified atom stereocenters. The summed E-state index contributed by atoms with van der Waals surface area (Å²) in [5.74, 6) is -0.449. The van der Waals surface area contributed by atoms with Crippen molar-refractivity contribution in [3.8, 4) is 11.1 Å². The number of ether oxygens (including phenoxy) is 3. The standard InChI is InChI=1S/C16H14O4/c17-15(20-16-18-9-10-19-16)14-8-4-7-13(11-14)12-5-2-1-3-6-12/h1-8,11,16H,9-10H2. The summed E-state index contributed by atoms with van der Waals surface area (Å²) in [5, 5.41) is 0. The van der Waals surface area contributed by atoms with E-state index in [1.807, 2.05) is 42.5 Å². The van der Waals surface area contributed by atoms with E-state index in [1.165, 1.54) is 0 Å². The highest BCUT2D eigenvalue weighted by Gasteiger charge is 2.21. The van der Waals surface area contributed by atoms with Crippen LogP contribution in [-0.2, 0) is 14.2 Å². The first-order chi connectivity index (χ1) is 9.83. The van der Waals surface area contributed by atoms with Gasteiger partial charge in [0.05, 0.1) is 18.8 Å². The molecule has 1 aliphatic rings. The lowest BCUT2D eigenvalue weighted by atomic mass is 10.0. The van der Waals surface area contributed by atoms with Gasteiger partial charge in [-0.1, -0.05) is 42.5 Å². The first kappa shape index (κ1) is 12.8. The van der Waals surface area contributed by atoms with Gasteiger partial charge >= 0.3 is 12.4 Å². The summed E-state index contributed by atoms with van der Waals surface area (Å²) in [5.41, 5.74) is 2.49. The van der Waals surface area contributed by atoms with Gasteiger partial charge in [0.25, 0.3) is 0 Å². The van der Waals surface area contributed by atoms with Gasteiger partial charge < -0.3 is 14.2 Å². The van der Waals surface area contributed by atoms with E-state index in [4.69, 9.17) is 14.2 Å². The zero-order valence-corrected chi connectivity index (χ0v) is 10.8. The molecule has 4 nitrogen and oxygen atoms in total. The lowest BCUT2D eigenvalue weighted by molar-refractivity contribution is -0.196. The van der Waals surface area contributed by atoms with Crippen molar-refractivity contribution in [3.05, 3.63) is 60.2 Å². The molecule has 3 rings (SSSR count). The Kier molecular flexibility index (Phi) is 3.76. The summed E-state index contributed by atoms with van der Waals surface area (Å²) in [7, 11) is 0. The lowest BCUT2D eigenvalue weighted by Gasteiger charge is -2.10. The molecule has 0 aliphatic carbocycles. The van der Waals surface area contributed by atoms with E-state index in [-0.39, 0.29) is 0 Å². The minimum atomic E-state index is -0.886. The first-order valence-corrected chi connectivity index (χ1v) is 6.42. The Morgan fingerprint density at radius 2 is 1.65 bits per heavy atom. The molecule has 2 aromatic carbocycles. The van der Waals surface area contributed by atoms with Gasteiger partial charge in [-0.2, -0.15) is 0 Å². The second-order valence-electron chi connectivity index (χ2n) is 4.38. The predicted molar refractivity (Wildman–Crippen MR) is 73.0 cm³/mol. The van der Waals surface area contributed by atoms with E-state index in [9.17, 15) is 4.79 Å². The Hall–Kier alpha value is -2.17. The number of carbonyl (C=O) groups excluding carboxylic acids is 1. The van der Waals surface area contributed by atoms with Gasteiger partial charge in [-0.05, 0) is 23.3 Å². The quantitative estimate of drug-likeness (QED) is 0.804. The maximum Gasteiger partial charge on any atom is 0.342 e. The Morgan fingerprint density at radius 3 is 2.40 bits per heavy atom. The average molecular weight is 270 g/mol. The Morgan fingerprint density at radius 1 is 0.950 bits per heavy atom. The van der Waals surface area contributed by atoms with Crippen LogP contribution in [0.3, 0.4) is 0 Å². The normalized spacial score (nSPS) is 15.2. The molecule has 0 amide bonds. The Bertz CT molecular complexity index is 588. The minimum Gasteiger partial charge on any atom is -0.407 e. The van der Waals surface area contributed by atoms with E-state index in [0.29, 0.717) is 18.8 Å². The number of hydrogen-bond acceptors (Lipinski definition) is 4. The second kappa shape index (κ2) is 5.86. The van der Waals surface area contributed by atoms with Crippen LogP contribution in [0.25, 0.3) is 11.1 Å². The zero-order chi connectivity index (χ0) is 13.8. The number of esters is 1. The van der Waals surface area contributed by atoms with Crippen LogP contribution in [0.1, 0.15) is 10.4 Å². The molecule has 0 atom stereocenters. The van der Waals surface area contributed by atoms with Gasteiger partial charge in [0.15, 0.2) is 0 Å². The number of carbonyl (C=O) groups is 1. The van der Waals surface area contributed by atoms with Crippen molar-refractivity contribution in [1.29, 1.82) is 0 Å². The summed E-state index contributed by atoms with van der Waals surface area (Å²) in [6.07, 6.45) is 0. The van der Waals surface area contributed by atoms with Crippen molar-refractivity contribution in [2.24, 2.45) is 0 Å². The third-order valence-electron chi connectivity index (χ3n) is 3.00. The summed E-state index contributed by atoms with van der Waals surface area (Å²) in [6.45, 7) is 0.00664. The second-order valence-corrected chi connectivity index (χ2v) is 4.38. The molecule has 0 aromatic heterocycles. The molecule has 0 saturated carbocycles. The molecule has 1 aliphatic heterocycles. The summed E-state index contributed by atoms with van der Waals surface area (Å²) in [4.78, 5) is 12.0. The zero-order valence-electron chi connectivity index (χ0n) is 10.8. The monoisotopic (exact) mass is 270 g/mol. The molecule has 0 spiro atoms. The maximum atomic E-state index is 12.0. The molecule has 102 valence electrons. The van der Waals surface area contributed by atoms with Crippen LogP contribution in [-0.4, -0.2) is 25.7 Å². The maximum absolute atomic E-state index is 12.0. The molecule has 1 heterocycles. The van der Waals surface area contributed by atoms with Crippen LogP contribution in [0.2, 0.25) is 0 Å². The molecule has 0 N–H and O–H groups in total. The minimum absolute atomic E-state index is 0.446. The highest BCUT2D eigenvalue weighted by atomic mass is 16.9. The number of benzene rings is 2. The molecule has 4 heteroatoms. The van der Waals surface area contributed by atoms with Crippen molar-refractivity contribution in [3.63, 3.8) is 0 Å². The van der Waals surface area contributed by atoms with Crippen LogP contribution >= 0.6 is 0 Å². The van der Waals surface area contributed by atoms with Crippen LogP contribution in [0.4, 0.5) is 0 Å². The summed E-state index contributed by atoms with van der Waals surface area (Å²) >= 11 is 0.